The maximum atomic E-state index is 8.92. The molecule has 0 spiro atoms. The van der Waals surface area contributed by atoms with E-state index in [0.29, 0.717) is 12.3 Å². The lowest BCUT2D eigenvalue weighted by atomic mass is 10.2. The highest BCUT2D eigenvalue weighted by Gasteiger charge is 2.07. The highest BCUT2D eigenvalue weighted by molar-refractivity contribution is 5.30. The fourth-order valence-corrected chi connectivity index (χ4v) is 1.48. The average molecular weight is 219 g/mol. The zero-order valence-corrected chi connectivity index (χ0v) is 9.81. The molecule has 0 aliphatic carbocycles. The Balaban J connectivity index is 2.66. The van der Waals surface area contributed by atoms with Crippen molar-refractivity contribution < 1.29 is 4.74 Å². The zero-order valence-electron chi connectivity index (χ0n) is 9.81. The van der Waals surface area contributed by atoms with Crippen molar-refractivity contribution in [3.63, 3.8) is 0 Å². The van der Waals surface area contributed by atoms with Crippen LogP contribution in [0.1, 0.15) is 18.2 Å². The van der Waals surface area contributed by atoms with E-state index in [0.717, 1.165) is 25.2 Å². The van der Waals surface area contributed by atoms with Gasteiger partial charge < -0.3 is 4.74 Å². The van der Waals surface area contributed by atoms with Crippen LogP contribution in [0.5, 0.6) is 0 Å². The van der Waals surface area contributed by atoms with Crippen molar-refractivity contribution in [2.24, 2.45) is 0 Å². The minimum Gasteiger partial charge on any atom is -0.383 e. The first-order chi connectivity index (χ1) is 7.81. The molecule has 16 heavy (non-hydrogen) atoms. The normalized spacial score (nSPS) is 10.4. The first kappa shape index (κ1) is 12.6. The van der Waals surface area contributed by atoms with Gasteiger partial charge >= 0.3 is 0 Å². The Morgan fingerprint density at radius 3 is 3.00 bits per heavy atom. The molecule has 86 valence electrons. The quantitative estimate of drug-likeness (QED) is 0.726. The van der Waals surface area contributed by atoms with Gasteiger partial charge in [0, 0.05) is 32.0 Å². The van der Waals surface area contributed by atoms with E-state index in [1.165, 1.54) is 0 Å². The van der Waals surface area contributed by atoms with Crippen LogP contribution in [0.3, 0.4) is 0 Å². The Bertz CT molecular complexity index is 360. The molecular weight excluding hydrogens is 202 g/mol. The van der Waals surface area contributed by atoms with Gasteiger partial charge in [-0.1, -0.05) is 13.0 Å². The lowest BCUT2D eigenvalue weighted by Crippen LogP contribution is -2.27. The van der Waals surface area contributed by atoms with Crippen molar-refractivity contribution in [1.29, 1.82) is 5.26 Å². The van der Waals surface area contributed by atoms with Gasteiger partial charge in [0.1, 0.15) is 11.8 Å². The minimum absolute atomic E-state index is 0.512. The van der Waals surface area contributed by atoms with Gasteiger partial charge in [-0.25, -0.2) is 4.98 Å². The van der Waals surface area contributed by atoms with Crippen molar-refractivity contribution in [2.75, 3.05) is 26.8 Å². The van der Waals surface area contributed by atoms with Gasteiger partial charge in [0.25, 0.3) is 0 Å². The second-order valence-electron chi connectivity index (χ2n) is 3.48. The van der Waals surface area contributed by atoms with E-state index < -0.39 is 0 Å². The number of pyridine rings is 1. The van der Waals surface area contributed by atoms with E-state index >= 15 is 0 Å². The molecule has 0 aliphatic rings. The molecule has 0 bridgehead atoms. The molecule has 0 unspecified atom stereocenters. The third-order valence-electron chi connectivity index (χ3n) is 2.45. The predicted octanol–water partition coefficient (Wildman–Crippen LogP) is 1.42. The molecule has 0 fully saturated rings. The number of nitrogens with zero attached hydrogens (tertiary/aromatic N) is 3. The molecule has 0 amide bonds. The van der Waals surface area contributed by atoms with E-state index in [1.54, 1.807) is 13.3 Å². The van der Waals surface area contributed by atoms with Crippen LogP contribution in [0.15, 0.2) is 18.3 Å². The van der Waals surface area contributed by atoms with Crippen molar-refractivity contribution in [3.05, 3.63) is 29.6 Å². The summed E-state index contributed by atoms with van der Waals surface area (Å²) >= 11 is 0. The van der Waals surface area contributed by atoms with Gasteiger partial charge in [0.15, 0.2) is 0 Å². The fraction of sp³-hybridized carbons (Fsp3) is 0.500. The summed E-state index contributed by atoms with van der Waals surface area (Å²) in [6, 6.07) is 5.92. The molecule has 1 heterocycles. The van der Waals surface area contributed by atoms with Crippen molar-refractivity contribution in [3.8, 4) is 6.07 Å². The first-order valence-corrected chi connectivity index (χ1v) is 5.37. The molecule has 1 rings (SSSR count). The second kappa shape index (κ2) is 6.94. The molecule has 0 radical (unpaired) electrons. The molecule has 0 aliphatic heterocycles. The summed E-state index contributed by atoms with van der Waals surface area (Å²) in [5.41, 5.74) is 1.49. The average Bonchev–Trinajstić information content (AvgIpc) is 2.34. The topological polar surface area (TPSA) is 49.1 Å². The summed E-state index contributed by atoms with van der Waals surface area (Å²) in [5, 5.41) is 8.92. The van der Waals surface area contributed by atoms with Crippen LogP contribution in [0.4, 0.5) is 0 Å². The van der Waals surface area contributed by atoms with Gasteiger partial charge in [0.2, 0.25) is 0 Å². The molecule has 0 atom stereocenters. The Morgan fingerprint density at radius 1 is 1.56 bits per heavy atom. The molecule has 0 saturated heterocycles. The van der Waals surface area contributed by atoms with Gasteiger partial charge in [0.05, 0.1) is 6.61 Å². The van der Waals surface area contributed by atoms with Gasteiger partial charge in [-0.3, -0.25) is 4.90 Å². The standard InChI is InChI=1S/C12H17N3O/c1-3-15(7-8-16-2)10-11-5-4-6-14-12(11)9-13/h4-6H,3,7-8,10H2,1-2H3. The lowest BCUT2D eigenvalue weighted by molar-refractivity contribution is 0.147. The number of rotatable bonds is 6. The number of aromatic nitrogens is 1. The van der Waals surface area contributed by atoms with Crippen molar-refractivity contribution in [2.45, 2.75) is 13.5 Å². The number of hydrogen-bond donors (Lipinski definition) is 0. The van der Waals surface area contributed by atoms with Gasteiger partial charge in [-0.15, -0.1) is 0 Å². The summed E-state index contributed by atoms with van der Waals surface area (Å²) in [6.07, 6.45) is 1.65. The maximum Gasteiger partial charge on any atom is 0.144 e. The minimum atomic E-state index is 0.512. The van der Waals surface area contributed by atoms with E-state index in [9.17, 15) is 0 Å². The number of hydrogen-bond acceptors (Lipinski definition) is 4. The molecule has 0 N–H and O–H groups in total. The van der Waals surface area contributed by atoms with Crippen LogP contribution >= 0.6 is 0 Å². The Kier molecular flexibility index (Phi) is 5.48. The van der Waals surface area contributed by atoms with E-state index in [4.69, 9.17) is 10.00 Å². The van der Waals surface area contributed by atoms with Crippen molar-refractivity contribution in [1.82, 2.24) is 9.88 Å². The maximum absolute atomic E-state index is 8.92. The molecule has 0 saturated carbocycles. The van der Waals surface area contributed by atoms with E-state index in [1.807, 2.05) is 12.1 Å². The Labute approximate surface area is 96.5 Å². The van der Waals surface area contributed by atoms with Crippen LogP contribution in [-0.2, 0) is 11.3 Å². The van der Waals surface area contributed by atoms with E-state index in [-0.39, 0.29) is 0 Å². The molecule has 4 nitrogen and oxygen atoms in total. The van der Waals surface area contributed by atoms with Crippen LogP contribution in [-0.4, -0.2) is 36.7 Å². The van der Waals surface area contributed by atoms with Crippen molar-refractivity contribution >= 4 is 0 Å². The summed E-state index contributed by atoms with van der Waals surface area (Å²) in [7, 11) is 1.69. The predicted molar refractivity (Wildman–Crippen MR) is 61.8 cm³/mol. The highest BCUT2D eigenvalue weighted by Crippen LogP contribution is 2.07. The van der Waals surface area contributed by atoms with Crippen LogP contribution in [0.25, 0.3) is 0 Å². The van der Waals surface area contributed by atoms with Gasteiger partial charge in [-0.2, -0.15) is 5.26 Å². The summed E-state index contributed by atoms with van der Waals surface area (Å²) < 4.78 is 5.05. The molecule has 0 aromatic carbocycles. The largest absolute Gasteiger partial charge is 0.383 e. The summed E-state index contributed by atoms with van der Waals surface area (Å²) in [5.74, 6) is 0. The number of ether oxygens (including phenoxy) is 1. The fourth-order valence-electron chi connectivity index (χ4n) is 1.48. The SMILES string of the molecule is CCN(CCOC)Cc1cccnc1C#N. The van der Waals surface area contributed by atoms with Crippen LogP contribution in [0.2, 0.25) is 0 Å². The van der Waals surface area contributed by atoms with E-state index in [2.05, 4.69) is 22.9 Å². The number of nitriles is 1. The molecule has 1 aromatic rings. The summed E-state index contributed by atoms with van der Waals surface area (Å²) in [4.78, 5) is 6.27. The smallest absolute Gasteiger partial charge is 0.144 e. The monoisotopic (exact) mass is 219 g/mol. The molecule has 1 aromatic heterocycles. The first-order valence-electron chi connectivity index (χ1n) is 5.37. The Morgan fingerprint density at radius 2 is 2.38 bits per heavy atom. The third-order valence-corrected chi connectivity index (χ3v) is 2.45. The van der Waals surface area contributed by atoms with Crippen LogP contribution in [0, 0.1) is 11.3 Å². The number of likely N-dealkylation sites (N-methyl/N-ethyl adjacent to an activating group) is 1. The highest BCUT2D eigenvalue weighted by atomic mass is 16.5. The third kappa shape index (κ3) is 3.61. The summed E-state index contributed by atoms with van der Waals surface area (Å²) in [6.45, 7) is 5.35. The Hall–Kier alpha value is -1.44. The molecule has 4 heteroatoms. The molecular formula is C12H17N3O. The van der Waals surface area contributed by atoms with Gasteiger partial charge in [-0.05, 0) is 12.6 Å². The van der Waals surface area contributed by atoms with Crippen LogP contribution < -0.4 is 0 Å². The zero-order chi connectivity index (χ0) is 11.8. The lowest BCUT2D eigenvalue weighted by Gasteiger charge is -2.20. The number of methoxy groups -OCH3 is 1. The second-order valence-corrected chi connectivity index (χ2v) is 3.48.